The number of fused-ring (bicyclic) bond motifs is 1. The molecule has 2 N–H and O–H groups in total. The van der Waals surface area contributed by atoms with Gasteiger partial charge in [0.25, 0.3) is 0 Å². The minimum absolute atomic E-state index is 0.0641. The molecule has 0 aromatic heterocycles. The molecule has 0 saturated heterocycles. The zero-order valence-electron chi connectivity index (χ0n) is 11.1. The molecule has 2 aromatic rings. The first-order valence-electron chi connectivity index (χ1n) is 6.64. The van der Waals surface area contributed by atoms with Gasteiger partial charge in [-0.05, 0) is 23.3 Å². The van der Waals surface area contributed by atoms with Crippen LogP contribution in [0.4, 0.5) is 0 Å². The molecule has 1 atom stereocenters. The highest BCUT2D eigenvalue weighted by Crippen LogP contribution is 2.32. The van der Waals surface area contributed by atoms with Gasteiger partial charge in [0.05, 0.1) is 12.6 Å². The Bertz CT molecular complexity index is 571. The highest BCUT2D eigenvalue weighted by Gasteiger charge is 2.14. The number of aliphatic hydroxyl groups is 1. The lowest BCUT2D eigenvalue weighted by molar-refractivity contribution is 0.174. The van der Waals surface area contributed by atoms with Gasteiger partial charge in [0.2, 0.25) is 6.79 Å². The van der Waals surface area contributed by atoms with E-state index in [4.69, 9.17) is 9.47 Å². The SMILES string of the molecule is OCC(NCc1ccc2c(c1)OCO2)c1ccccc1. The van der Waals surface area contributed by atoms with Crippen molar-refractivity contribution >= 4 is 0 Å². The van der Waals surface area contributed by atoms with Crippen molar-refractivity contribution < 1.29 is 14.6 Å². The van der Waals surface area contributed by atoms with E-state index in [1.807, 2.05) is 48.5 Å². The van der Waals surface area contributed by atoms with Crippen LogP contribution in [0.2, 0.25) is 0 Å². The van der Waals surface area contributed by atoms with Crippen LogP contribution in [0.1, 0.15) is 17.2 Å². The molecule has 0 bridgehead atoms. The van der Waals surface area contributed by atoms with Crippen molar-refractivity contribution in [2.45, 2.75) is 12.6 Å². The van der Waals surface area contributed by atoms with Crippen LogP contribution in [0, 0.1) is 0 Å². The second-order valence-electron chi connectivity index (χ2n) is 4.71. The predicted octanol–water partition coefficient (Wildman–Crippen LogP) is 2.24. The Morgan fingerprint density at radius 2 is 1.85 bits per heavy atom. The third-order valence-corrected chi connectivity index (χ3v) is 3.37. The molecule has 0 saturated carbocycles. The van der Waals surface area contributed by atoms with E-state index in [2.05, 4.69) is 5.32 Å². The summed E-state index contributed by atoms with van der Waals surface area (Å²) >= 11 is 0. The van der Waals surface area contributed by atoms with Gasteiger partial charge in [-0.1, -0.05) is 36.4 Å². The second kappa shape index (κ2) is 5.94. The Kier molecular flexibility index (Phi) is 3.85. The van der Waals surface area contributed by atoms with Crippen LogP contribution in [0.15, 0.2) is 48.5 Å². The first kappa shape index (κ1) is 13.0. The van der Waals surface area contributed by atoms with Crippen molar-refractivity contribution in [3.63, 3.8) is 0 Å². The van der Waals surface area contributed by atoms with Crippen molar-refractivity contribution in [1.82, 2.24) is 5.32 Å². The number of nitrogens with one attached hydrogen (secondary N) is 1. The molecule has 0 radical (unpaired) electrons. The van der Waals surface area contributed by atoms with Crippen molar-refractivity contribution in [3.05, 3.63) is 59.7 Å². The maximum atomic E-state index is 9.51. The fourth-order valence-corrected chi connectivity index (χ4v) is 2.27. The molecular formula is C16H17NO3. The Hall–Kier alpha value is -2.04. The molecule has 2 aromatic carbocycles. The number of aliphatic hydroxyl groups excluding tert-OH is 1. The van der Waals surface area contributed by atoms with Gasteiger partial charge in [-0.3, -0.25) is 0 Å². The Morgan fingerprint density at radius 3 is 2.65 bits per heavy atom. The van der Waals surface area contributed by atoms with Crippen LogP contribution < -0.4 is 14.8 Å². The van der Waals surface area contributed by atoms with E-state index in [0.29, 0.717) is 6.54 Å². The van der Waals surface area contributed by atoms with Gasteiger partial charge >= 0.3 is 0 Å². The van der Waals surface area contributed by atoms with Crippen LogP contribution >= 0.6 is 0 Å². The van der Waals surface area contributed by atoms with Gasteiger partial charge in [0, 0.05) is 6.54 Å². The summed E-state index contributed by atoms with van der Waals surface area (Å²) in [6, 6.07) is 15.7. The molecule has 0 fully saturated rings. The van der Waals surface area contributed by atoms with Gasteiger partial charge in [0.1, 0.15) is 0 Å². The van der Waals surface area contributed by atoms with E-state index < -0.39 is 0 Å². The summed E-state index contributed by atoms with van der Waals surface area (Å²) in [5.41, 5.74) is 2.18. The fraction of sp³-hybridized carbons (Fsp3) is 0.250. The number of hydrogen-bond donors (Lipinski definition) is 2. The smallest absolute Gasteiger partial charge is 0.231 e. The minimum atomic E-state index is -0.0679. The summed E-state index contributed by atoms with van der Waals surface area (Å²) in [6.07, 6.45) is 0. The summed E-state index contributed by atoms with van der Waals surface area (Å²) in [5.74, 6) is 1.57. The average Bonchev–Trinajstić information content (AvgIpc) is 2.96. The summed E-state index contributed by atoms with van der Waals surface area (Å²) in [6.45, 7) is 1.01. The van der Waals surface area contributed by atoms with E-state index in [0.717, 1.165) is 22.6 Å². The highest BCUT2D eigenvalue weighted by atomic mass is 16.7. The summed E-state index contributed by atoms with van der Waals surface area (Å²) in [5, 5.41) is 12.9. The molecule has 4 heteroatoms. The van der Waals surface area contributed by atoms with E-state index in [1.165, 1.54) is 0 Å². The Balaban J connectivity index is 1.66. The summed E-state index contributed by atoms with van der Waals surface area (Å²) in [4.78, 5) is 0. The molecule has 20 heavy (non-hydrogen) atoms. The van der Waals surface area contributed by atoms with Gasteiger partial charge in [-0.2, -0.15) is 0 Å². The normalized spacial score (nSPS) is 14.2. The van der Waals surface area contributed by atoms with Crippen molar-refractivity contribution in [3.8, 4) is 11.5 Å². The van der Waals surface area contributed by atoms with Crippen LogP contribution in [0.3, 0.4) is 0 Å². The molecule has 0 spiro atoms. The van der Waals surface area contributed by atoms with Crippen LogP contribution in [-0.2, 0) is 6.54 Å². The fourth-order valence-electron chi connectivity index (χ4n) is 2.27. The lowest BCUT2D eigenvalue weighted by Crippen LogP contribution is -2.23. The third kappa shape index (κ3) is 2.76. The monoisotopic (exact) mass is 271 g/mol. The Labute approximate surface area is 118 Å². The second-order valence-corrected chi connectivity index (χ2v) is 4.71. The number of benzene rings is 2. The maximum absolute atomic E-state index is 9.51. The molecule has 0 amide bonds. The third-order valence-electron chi connectivity index (χ3n) is 3.37. The van der Waals surface area contributed by atoms with E-state index in [9.17, 15) is 5.11 Å². The lowest BCUT2D eigenvalue weighted by atomic mass is 10.1. The molecule has 1 unspecified atom stereocenters. The molecule has 3 rings (SSSR count). The zero-order valence-corrected chi connectivity index (χ0v) is 11.1. The molecule has 1 aliphatic rings. The average molecular weight is 271 g/mol. The molecular weight excluding hydrogens is 254 g/mol. The number of ether oxygens (including phenoxy) is 2. The zero-order chi connectivity index (χ0) is 13.8. The predicted molar refractivity (Wildman–Crippen MR) is 75.7 cm³/mol. The molecule has 104 valence electrons. The molecule has 4 nitrogen and oxygen atoms in total. The quantitative estimate of drug-likeness (QED) is 0.875. The van der Waals surface area contributed by atoms with Gasteiger partial charge in [-0.25, -0.2) is 0 Å². The first-order valence-corrected chi connectivity index (χ1v) is 6.64. The van der Waals surface area contributed by atoms with Crippen molar-refractivity contribution in [2.24, 2.45) is 0 Å². The van der Waals surface area contributed by atoms with E-state index >= 15 is 0 Å². The summed E-state index contributed by atoms with van der Waals surface area (Å²) in [7, 11) is 0. The van der Waals surface area contributed by atoms with Gasteiger partial charge in [-0.15, -0.1) is 0 Å². The standard InChI is InChI=1S/C16H17NO3/c18-10-14(13-4-2-1-3-5-13)17-9-12-6-7-15-16(8-12)20-11-19-15/h1-8,14,17-18H,9-11H2. The topological polar surface area (TPSA) is 50.7 Å². The van der Waals surface area contributed by atoms with E-state index in [1.54, 1.807) is 0 Å². The van der Waals surface area contributed by atoms with Crippen molar-refractivity contribution in [2.75, 3.05) is 13.4 Å². The van der Waals surface area contributed by atoms with E-state index in [-0.39, 0.29) is 19.4 Å². The molecule has 1 heterocycles. The minimum Gasteiger partial charge on any atom is -0.454 e. The lowest BCUT2D eigenvalue weighted by Gasteiger charge is -2.16. The summed E-state index contributed by atoms with van der Waals surface area (Å²) < 4.78 is 10.6. The Morgan fingerprint density at radius 1 is 1.05 bits per heavy atom. The van der Waals surface area contributed by atoms with Gasteiger partial charge < -0.3 is 19.9 Å². The number of rotatable bonds is 5. The first-order chi connectivity index (χ1) is 9.86. The largest absolute Gasteiger partial charge is 0.454 e. The van der Waals surface area contributed by atoms with Crippen LogP contribution in [0.5, 0.6) is 11.5 Å². The maximum Gasteiger partial charge on any atom is 0.231 e. The number of hydrogen-bond acceptors (Lipinski definition) is 4. The van der Waals surface area contributed by atoms with Crippen LogP contribution in [0.25, 0.3) is 0 Å². The van der Waals surface area contributed by atoms with Gasteiger partial charge in [0.15, 0.2) is 11.5 Å². The van der Waals surface area contributed by atoms with Crippen molar-refractivity contribution in [1.29, 1.82) is 0 Å². The van der Waals surface area contributed by atoms with Crippen LogP contribution in [-0.4, -0.2) is 18.5 Å². The molecule has 0 aliphatic carbocycles. The highest BCUT2D eigenvalue weighted by molar-refractivity contribution is 5.44. The molecule has 1 aliphatic heterocycles.